The van der Waals surface area contributed by atoms with Crippen LogP contribution in [0.2, 0.25) is 0 Å². The molecule has 1 aromatic carbocycles. The predicted octanol–water partition coefficient (Wildman–Crippen LogP) is 5.37. The van der Waals surface area contributed by atoms with Gasteiger partial charge in [-0.25, -0.2) is 29.1 Å². The van der Waals surface area contributed by atoms with E-state index in [-0.39, 0.29) is 27.7 Å². The molecule has 0 saturated heterocycles. The summed E-state index contributed by atoms with van der Waals surface area (Å²) in [6.45, 7) is 9.71. The number of anilines is 2. The molecule has 3 aromatic heterocycles. The number of amides is 1. The van der Waals surface area contributed by atoms with Gasteiger partial charge in [-0.3, -0.25) is 4.72 Å². The summed E-state index contributed by atoms with van der Waals surface area (Å²) in [4.78, 5) is 29.9. The van der Waals surface area contributed by atoms with Gasteiger partial charge in [0.25, 0.3) is 10.0 Å². The molecule has 15 heteroatoms. The Hall–Kier alpha value is -4.37. The van der Waals surface area contributed by atoms with Crippen LogP contribution in [0, 0.1) is 12.7 Å². The number of carbonyl (C=O) groups excluding carboxylic acids is 1. The van der Waals surface area contributed by atoms with Gasteiger partial charge in [0.05, 0.1) is 46.9 Å². The van der Waals surface area contributed by atoms with Crippen molar-refractivity contribution in [3.05, 3.63) is 59.1 Å². The van der Waals surface area contributed by atoms with Gasteiger partial charge in [-0.05, 0) is 44.2 Å². The first kappa shape index (κ1) is 32.5. The van der Waals surface area contributed by atoms with E-state index in [1.54, 1.807) is 32.2 Å². The topological polar surface area (TPSA) is 157 Å². The number of carbonyl (C=O) groups is 1. The van der Waals surface area contributed by atoms with Crippen LogP contribution in [0.15, 0.2) is 47.6 Å². The molecule has 3 heterocycles. The summed E-state index contributed by atoms with van der Waals surface area (Å²) in [6.07, 6.45) is 1.01. The molecule has 0 aliphatic heterocycles. The summed E-state index contributed by atoms with van der Waals surface area (Å²) < 4.78 is 54.5. The number of pyridine rings is 1. The molecule has 0 fully saturated rings. The first-order chi connectivity index (χ1) is 20.7. The van der Waals surface area contributed by atoms with E-state index in [1.807, 2.05) is 20.8 Å². The second kappa shape index (κ2) is 13.1. The molecule has 4 aromatic rings. The highest BCUT2D eigenvalue weighted by Gasteiger charge is 2.27. The molecule has 234 valence electrons. The second-order valence-electron chi connectivity index (χ2n) is 10.8. The smallest absolute Gasteiger partial charge is 0.407 e. The van der Waals surface area contributed by atoms with Crippen molar-refractivity contribution >= 4 is 39.1 Å². The Bertz CT molecular complexity index is 1770. The van der Waals surface area contributed by atoms with E-state index in [0.717, 1.165) is 5.01 Å². The first-order valence-electron chi connectivity index (χ1n) is 13.5. The first-order valence-corrected chi connectivity index (χ1v) is 15.8. The summed E-state index contributed by atoms with van der Waals surface area (Å²) in [5, 5.41) is 6.19. The fourth-order valence-corrected chi connectivity index (χ4v) is 6.17. The molecule has 0 aliphatic rings. The molecular formula is C29H34FN7O5S2. The fourth-order valence-electron chi connectivity index (χ4n) is 4.00. The number of halogens is 1. The lowest BCUT2D eigenvalue weighted by Crippen LogP contribution is -2.37. The molecule has 0 radical (unpaired) electrons. The maximum Gasteiger partial charge on any atom is 0.407 e. The van der Waals surface area contributed by atoms with E-state index in [4.69, 9.17) is 9.72 Å². The van der Waals surface area contributed by atoms with Crippen molar-refractivity contribution in [2.75, 3.05) is 30.8 Å². The molecule has 0 bridgehead atoms. The average Bonchev–Trinajstić information content (AvgIpc) is 3.43. The van der Waals surface area contributed by atoms with Crippen LogP contribution < -0.4 is 20.1 Å². The third-order valence-electron chi connectivity index (χ3n) is 6.28. The fraction of sp³-hybridized carbons (Fsp3) is 0.345. The van der Waals surface area contributed by atoms with Crippen molar-refractivity contribution < 1.29 is 27.1 Å². The number of nitrogens with one attached hydrogen (secondary N) is 3. The molecule has 1 amide bonds. The number of benzene rings is 1. The highest BCUT2D eigenvalue weighted by atomic mass is 32.2. The minimum atomic E-state index is -4.23. The second-order valence-corrected chi connectivity index (χ2v) is 13.5. The van der Waals surface area contributed by atoms with Gasteiger partial charge in [-0.2, -0.15) is 8.42 Å². The summed E-state index contributed by atoms with van der Waals surface area (Å²) in [6, 6.07) is 8.60. The number of alkyl carbamates (subject to hydrolysis) is 1. The normalized spacial score (nSPS) is 12.4. The van der Waals surface area contributed by atoms with Crippen LogP contribution >= 0.6 is 11.3 Å². The molecule has 44 heavy (non-hydrogen) atoms. The van der Waals surface area contributed by atoms with Crippen molar-refractivity contribution in [2.24, 2.45) is 0 Å². The van der Waals surface area contributed by atoms with Crippen molar-refractivity contribution in [1.82, 2.24) is 25.3 Å². The Kier molecular flexibility index (Phi) is 9.69. The summed E-state index contributed by atoms with van der Waals surface area (Å²) >= 11 is 1.36. The number of hydrogen-bond donors (Lipinski definition) is 3. The number of aryl methyl sites for hydroxylation is 1. The Morgan fingerprint density at radius 3 is 2.50 bits per heavy atom. The molecular weight excluding hydrogens is 609 g/mol. The zero-order valence-corrected chi connectivity index (χ0v) is 27.0. The molecule has 0 unspecified atom stereocenters. The largest absolute Gasteiger partial charge is 0.495 e. The van der Waals surface area contributed by atoms with Gasteiger partial charge in [0.1, 0.15) is 5.75 Å². The van der Waals surface area contributed by atoms with E-state index >= 15 is 4.39 Å². The maximum absolute atomic E-state index is 16.1. The molecule has 0 saturated carbocycles. The predicted molar refractivity (Wildman–Crippen MR) is 167 cm³/mol. The summed E-state index contributed by atoms with van der Waals surface area (Å²) in [5.74, 6) is -0.0799. The molecule has 3 N–H and O–H groups in total. The SMILES string of the molecule is COC(=O)N[C@@H](C)CNc1nccc(-c2sc(C(C)(C)C)nc2-c2cccc(NS(=O)(=O)c3ccc(OC)c(C)n3)c2F)n1. The van der Waals surface area contributed by atoms with Crippen molar-refractivity contribution in [2.45, 2.75) is 51.1 Å². The van der Waals surface area contributed by atoms with Crippen LogP contribution in [-0.4, -0.2) is 61.3 Å². The molecule has 12 nitrogen and oxygen atoms in total. The number of ether oxygens (including phenoxy) is 2. The number of rotatable bonds is 10. The lowest BCUT2D eigenvalue weighted by Gasteiger charge is -2.14. The minimum absolute atomic E-state index is 0.0924. The highest BCUT2D eigenvalue weighted by molar-refractivity contribution is 7.92. The third kappa shape index (κ3) is 7.39. The van der Waals surface area contributed by atoms with E-state index in [1.165, 1.54) is 49.8 Å². The number of thiazole rings is 1. The van der Waals surface area contributed by atoms with E-state index in [9.17, 15) is 13.2 Å². The number of nitrogens with zero attached hydrogens (tertiary/aromatic N) is 4. The van der Waals surface area contributed by atoms with Gasteiger partial charge in [0.2, 0.25) is 5.95 Å². The lowest BCUT2D eigenvalue weighted by atomic mass is 9.98. The Morgan fingerprint density at radius 1 is 1.09 bits per heavy atom. The standard InChI is InChI=1S/C29H34FN7O5S2/c1-16(33-28(38)42-7)15-32-27-31-14-13-20(35-27)25-24(36-26(43-25)29(3,4)5)18-9-8-10-19(23(18)30)37-44(39,40)22-12-11-21(41-6)17(2)34-22/h8-14,16,37H,15H2,1-7H3,(H,33,38)(H,31,32,35)/t16-/m0/s1. The summed E-state index contributed by atoms with van der Waals surface area (Å²) in [7, 11) is -1.49. The Labute approximate surface area is 259 Å². The van der Waals surface area contributed by atoms with Gasteiger partial charge >= 0.3 is 6.09 Å². The number of aromatic nitrogens is 4. The van der Waals surface area contributed by atoms with E-state index in [0.29, 0.717) is 40.2 Å². The lowest BCUT2D eigenvalue weighted by molar-refractivity contribution is 0.168. The molecule has 0 aliphatic carbocycles. The van der Waals surface area contributed by atoms with Crippen LogP contribution in [-0.2, 0) is 20.2 Å². The Balaban J connectivity index is 1.71. The average molecular weight is 644 g/mol. The van der Waals surface area contributed by atoms with Gasteiger partial charge in [0, 0.05) is 29.8 Å². The number of hydrogen-bond acceptors (Lipinski definition) is 11. The maximum atomic E-state index is 16.1. The third-order valence-corrected chi connectivity index (χ3v) is 9.05. The zero-order valence-electron chi connectivity index (χ0n) is 25.4. The van der Waals surface area contributed by atoms with Crippen LogP contribution in [0.5, 0.6) is 5.75 Å². The van der Waals surface area contributed by atoms with Gasteiger partial charge in [-0.1, -0.05) is 26.8 Å². The van der Waals surface area contributed by atoms with Gasteiger partial charge in [-0.15, -0.1) is 11.3 Å². The van der Waals surface area contributed by atoms with Crippen LogP contribution in [0.25, 0.3) is 21.8 Å². The van der Waals surface area contributed by atoms with Crippen molar-refractivity contribution in [3.63, 3.8) is 0 Å². The molecule has 0 spiro atoms. The van der Waals surface area contributed by atoms with Crippen molar-refractivity contribution in [1.29, 1.82) is 0 Å². The quantitative estimate of drug-likeness (QED) is 0.205. The molecule has 1 atom stereocenters. The molecule has 4 rings (SSSR count). The van der Waals surface area contributed by atoms with Gasteiger partial charge < -0.3 is 20.1 Å². The highest BCUT2D eigenvalue weighted by Crippen LogP contribution is 2.42. The van der Waals surface area contributed by atoms with Crippen LogP contribution in [0.4, 0.5) is 20.8 Å². The number of sulfonamides is 1. The van der Waals surface area contributed by atoms with Crippen molar-refractivity contribution in [3.8, 4) is 27.6 Å². The minimum Gasteiger partial charge on any atom is -0.495 e. The Morgan fingerprint density at radius 2 is 1.84 bits per heavy atom. The van der Waals surface area contributed by atoms with Crippen LogP contribution in [0.3, 0.4) is 0 Å². The van der Waals surface area contributed by atoms with Gasteiger partial charge in [0.15, 0.2) is 10.8 Å². The monoisotopic (exact) mass is 643 g/mol. The van der Waals surface area contributed by atoms with E-state index in [2.05, 4.69) is 35.0 Å². The zero-order chi connectivity index (χ0) is 32.2. The van der Waals surface area contributed by atoms with Crippen LogP contribution in [0.1, 0.15) is 38.4 Å². The summed E-state index contributed by atoms with van der Waals surface area (Å²) in [5.41, 5.74) is 0.638. The van der Waals surface area contributed by atoms with E-state index < -0.39 is 21.9 Å². The number of methoxy groups -OCH3 is 2.